The fourth-order valence-electron chi connectivity index (χ4n) is 2.26. The Morgan fingerprint density at radius 2 is 2.24 bits per heavy atom. The van der Waals surface area contributed by atoms with Crippen molar-refractivity contribution in [3.63, 3.8) is 0 Å². The van der Waals surface area contributed by atoms with Crippen LogP contribution in [0.2, 0.25) is 0 Å². The zero-order valence-electron chi connectivity index (χ0n) is 12.1. The molecule has 114 valence electrons. The first-order valence-electron chi connectivity index (χ1n) is 6.94. The molecule has 0 atom stereocenters. The van der Waals surface area contributed by atoms with Gasteiger partial charge in [0.25, 0.3) is 0 Å². The summed E-state index contributed by atoms with van der Waals surface area (Å²) >= 11 is 5.05. The van der Waals surface area contributed by atoms with Crippen molar-refractivity contribution in [2.24, 2.45) is 5.73 Å². The van der Waals surface area contributed by atoms with E-state index < -0.39 is 0 Å². The maximum absolute atomic E-state index is 12.0. The van der Waals surface area contributed by atoms with E-state index in [9.17, 15) is 4.79 Å². The molecule has 1 aromatic rings. The molecule has 1 aliphatic rings. The maximum atomic E-state index is 12.0. The molecule has 1 fully saturated rings. The van der Waals surface area contributed by atoms with Crippen molar-refractivity contribution in [3.8, 4) is 0 Å². The number of hydrogen-bond acceptors (Lipinski definition) is 5. The lowest BCUT2D eigenvalue weighted by Crippen LogP contribution is -2.41. The topological polar surface area (TPSA) is 80.5 Å². The Kier molecular flexibility index (Phi) is 5.46. The zero-order valence-corrected chi connectivity index (χ0v) is 12.9. The van der Waals surface area contributed by atoms with Crippen LogP contribution in [0, 0.1) is 6.92 Å². The third-order valence-electron chi connectivity index (χ3n) is 3.40. The molecular formula is C14H20N4O2S. The summed E-state index contributed by atoms with van der Waals surface area (Å²) in [6, 6.07) is 1.86. The van der Waals surface area contributed by atoms with E-state index in [0.717, 1.165) is 11.1 Å². The molecule has 0 aromatic carbocycles. The second-order valence-corrected chi connectivity index (χ2v) is 5.33. The second-order valence-electron chi connectivity index (χ2n) is 4.89. The van der Waals surface area contributed by atoms with E-state index in [1.807, 2.05) is 17.9 Å². The van der Waals surface area contributed by atoms with E-state index in [1.165, 1.54) is 0 Å². The standard InChI is InChI=1S/C14H20N4O2S/c1-10-2-4-16-14(12(10)13(15)21)17-5-3-11(19)18-6-8-20-9-7-18/h2,4H,3,5-9H2,1H3,(H2,15,21)(H,16,17). The number of anilines is 1. The number of amides is 1. The highest BCUT2D eigenvalue weighted by molar-refractivity contribution is 7.80. The number of pyridine rings is 1. The predicted octanol–water partition coefficient (Wildman–Crippen LogP) is 0.685. The monoisotopic (exact) mass is 308 g/mol. The number of ether oxygens (including phenoxy) is 1. The first-order chi connectivity index (χ1) is 10.1. The average Bonchev–Trinajstić information content (AvgIpc) is 2.47. The summed E-state index contributed by atoms with van der Waals surface area (Å²) in [5, 5.41) is 3.15. The van der Waals surface area contributed by atoms with Crippen molar-refractivity contribution < 1.29 is 9.53 Å². The minimum absolute atomic E-state index is 0.121. The zero-order chi connectivity index (χ0) is 15.2. The Bertz CT molecular complexity index is 530. The Balaban J connectivity index is 1.90. The van der Waals surface area contributed by atoms with Gasteiger partial charge in [-0.2, -0.15) is 0 Å². The van der Waals surface area contributed by atoms with Crippen molar-refractivity contribution in [3.05, 3.63) is 23.4 Å². The van der Waals surface area contributed by atoms with Gasteiger partial charge in [0.1, 0.15) is 10.8 Å². The van der Waals surface area contributed by atoms with Crippen molar-refractivity contribution in [2.75, 3.05) is 38.2 Å². The highest BCUT2D eigenvalue weighted by atomic mass is 32.1. The van der Waals surface area contributed by atoms with Crippen molar-refractivity contribution in [1.82, 2.24) is 9.88 Å². The molecular weight excluding hydrogens is 288 g/mol. The fourth-order valence-corrected chi connectivity index (χ4v) is 2.52. The smallest absolute Gasteiger partial charge is 0.224 e. The molecule has 0 aliphatic carbocycles. The Labute approximate surface area is 129 Å². The molecule has 0 bridgehead atoms. The molecule has 0 unspecified atom stereocenters. The van der Waals surface area contributed by atoms with Crippen molar-refractivity contribution in [1.29, 1.82) is 0 Å². The van der Waals surface area contributed by atoms with Crippen LogP contribution in [0.5, 0.6) is 0 Å². The third kappa shape index (κ3) is 4.12. The molecule has 6 nitrogen and oxygen atoms in total. The quantitative estimate of drug-likeness (QED) is 0.779. The van der Waals surface area contributed by atoms with E-state index in [2.05, 4.69) is 10.3 Å². The Morgan fingerprint density at radius 3 is 2.90 bits per heavy atom. The minimum atomic E-state index is 0.121. The Morgan fingerprint density at radius 1 is 1.52 bits per heavy atom. The number of thiocarbonyl (C=S) groups is 1. The highest BCUT2D eigenvalue weighted by Crippen LogP contribution is 2.16. The number of carbonyl (C=O) groups excluding carboxylic acids is 1. The van der Waals surface area contributed by atoms with Gasteiger partial charge in [-0.25, -0.2) is 4.98 Å². The summed E-state index contributed by atoms with van der Waals surface area (Å²) in [6.45, 7) is 5.00. The molecule has 2 heterocycles. The number of aryl methyl sites for hydroxylation is 1. The first kappa shape index (κ1) is 15.7. The van der Waals surface area contributed by atoms with E-state index in [4.69, 9.17) is 22.7 Å². The summed E-state index contributed by atoms with van der Waals surface area (Å²) in [7, 11) is 0. The number of nitrogens with one attached hydrogen (secondary N) is 1. The van der Waals surface area contributed by atoms with Gasteiger partial charge in [0.05, 0.1) is 18.8 Å². The number of morpholine rings is 1. The molecule has 0 saturated carbocycles. The number of hydrogen-bond donors (Lipinski definition) is 2. The van der Waals surface area contributed by atoms with Crippen LogP contribution in [-0.4, -0.2) is 53.6 Å². The molecule has 21 heavy (non-hydrogen) atoms. The summed E-state index contributed by atoms with van der Waals surface area (Å²) in [4.78, 5) is 18.4. The number of aromatic nitrogens is 1. The number of nitrogens with two attached hydrogens (primary N) is 1. The van der Waals surface area contributed by atoms with Gasteiger partial charge in [0.15, 0.2) is 0 Å². The van der Waals surface area contributed by atoms with Crippen molar-refractivity contribution >= 4 is 28.9 Å². The lowest BCUT2D eigenvalue weighted by Gasteiger charge is -2.27. The summed E-state index contributed by atoms with van der Waals surface area (Å²) in [6.07, 6.45) is 2.11. The first-order valence-corrected chi connectivity index (χ1v) is 7.35. The number of nitrogens with zero attached hydrogens (tertiary/aromatic N) is 2. The second kappa shape index (κ2) is 7.33. The molecule has 7 heteroatoms. The molecule has 0 spiro atoms. The third-order valence-corrected chi connectivity index (χ3v) is 3.60. The van der Waals surface area contributed by atoms with E-state index in [1.54, 1.807) is 6.20 Å². The Hall–Kier alpha value is -1.73. The van der Waals surface area contributed by atoms with Gasteiger partial charge in [-0.1, -0.05) is 12.2 Å². The lowest BCUT2D eigenvalue weighted by molar-refractivity contribution is -0.134. The summed E-state index contributed by atoms with van der Waals surface area (Å²) in [5.74, 6) is 0.757. The molecule has 0 radical (unpaired) electrons. The predicted molar refractivity (Wildman–Crippen MR) is 85.4 cm³/mol. The van der Waals surface area contributed by atoms with Crippen LogP contribution < -0.4 is 11.1 Å². The van der Waals surface area contributed by atoms with E-state index in [0.29, 0.717) is 50.1 Å². The van der Waals surface area contributed by atoms with Crippen LogP contribution in [0.15, 0.2) is 12.3 Å². The number of rotatable bonds is 5. The molecule has 1 aromatic heterocycles. The van der Waals surface area contributed by atoms with Gasteiger partial charge in [0.2, 0.25) is 5.91 Å². The summed E-state index contributed by atoms with van der Waals surface area (Å²) < 4.78 is 5.23. The number of carbonyl (C=O) groups is 1. The van der Waals surface area contributed by atoms with Gasteiger partial charge in [0, 0.05) is 32.3 Å². The van der Waals surface area contributed by atoms with Gasteiger partial charge in [-0.3, -0.25) is 4.79 Å². The SMILES string of the molecule is Cc1ccnc(NCCC(=O)N2CCOCC2)c1C(N)=S. The van der Waals surface area contributed by atoms with Crippen molar-refractivity contribution in [2.45, 2.75) is 13.3 Å². The average molecular weight is 308 g/mol. The molecule has 3 N–H and O–H groups in total. The molecule has 1 aliphatic heterocycles. The van der Waals surface area contributed by atoms with Crippen LogP contribution in [0.25, 0.3) is 0 Å². The van der Waals surface area contributed by atoms with E-state index in [-0.39, 0.29) is 5.91 Å². The van der Waals surface area contributed by atoms with Crippen LogP contribution in [-0.2, 0) is 9.53 Å². The van der Waals surface area contributed by atoms with Gasteiger partial charge < -0.3 is 20.7 Å². The normalized spacial score (nSPS) is 14.8. The molecule has 1 saturated heterocycles. The molecule has 2 rings (SSSR count). The largest absolute Gasteiger partial charge is 0.389 e. The summed E-state index contributed by atoms with van der Waals surface area (Å²) in [5.41, 5.74) is 7.44. The maximum Gasteiger partial charge on any atom is 0.224 e. The highest BCUT2D eigenvalue weighted by Gasteiger charge is 2.16. The van der Waals surface area contributed by atoms with Gasteiger partial charge >= 0.3 is 0 Å². The fraction of sp³-hybridized carbons (Fsp3) is 0.500. The van der Waals surface area contributed by atoms with Crippen LogP contribution in [0.1, 0.15) is 17.5 Å². The molecule has 1 amide bonds. The van der Waals surface area contributed by atoms with E-state index >= 15 is 0 Å². The van der Waals surface area contributed by atoms with Gasteiger partial charge in [-0.15, -0.1) is 0 Å². The lowest BCUT2D eigenvalue weighted by atomic mass is 10.1. The van der Waals surface area contributed by atoms with Crippen LogP contribution in [0.3, 0.4) is 0 Å². The van der Waals surface area contributed by atoms with Gasteiger partial charge in [-0.05, 0) is 18.6 Å². The van der Waals surface area contributed by atoms with Crippen LogP contribution >= 0.6 is 12.2 Å². The van der Waals surface area contributed by atoms with Crippen LogP contribution in [0.4, 0.5) is 5.82 Å². The minimum Gasteiger partial charge on any atom is -0.389 e.